The van der Waals surface area contributed by atoms with Gasteiger partial charge < -0.3 is 15.4 Å². The molecule has 0 amide bonds. The highest BCUT2D eigenvalue weighted by molar-refractivity contribution is 7.99. The second-order valence-electron chi connectivity index (χ2n) is 5.17. The molecule has 1 heterocycles. The predicted octanol–water partition coefficient (Wildman–Crippen LogP) is 3.23. The molecule has 2 N–H and O–H groups in total. The van der Waals surface area contributed by atoms with E-state index in [4.69, 9.17) is 4.74 Å². The van der Waals surface area contributed by atoms with Crippen molar-refractivity contribution in [1.29, 1.82) is 0 Å². The topological polar surface area (TPSA) is 63.2 Å². The van der Waals surface area contributed by atoms with Crippen LogP contribution in [0.25, 0.3) is 0 Å². The summed E-state index contributed by atoms with van der Waals surface area (Å²) in [5.74, 6) is 1.10. The molecule has 0 saturated carbocycles. The summed E-state index contributed by atoms with van der Waals surface area (Å²) in [6.45, 7) is 7.57. The van der Waals surface area contributed by atoms with Crippen LogP contribution in [0.15, 0.2) is 11.0 Å². The van der Waals surface area contributed by atoms with Crippen LogP contribution in [-0.4, -0.2) is 36.4 Å². The quantitative estimate of drug-likeness (QED) is 0.642. The van der Waals surface area contributed by atoms with Crippen LogP contribution in [0.3, 0.4) is 0 Å². The fourth-order valence-corrected chi connectivity index (χ4v) is 2.39. The Bertz CT molecular complexity index is 484. The molecule has 0 aromatic carbocycles. The number of ether oxygens (including phenoxy) is 1. The van der Waals surface area contributed by atoms with E-state index in [1.165, 1.54) is 0 Å². The SMILES string of the molecule is CCSc1cc(NC)c(NC)nc1C(=O)OC(C)(C)C. The van der Waals surface area contributed by atoms with E-state index in [0.717, 1.165) is 16.3 Å². The first-order valence-corrected chi connectivity index (χ1v) is 7.57. The molecule has 1 aromatic rings. The smallest absolute Gasteiger partial charge is 0.358 e. The number of rotatable bonds is 5. The number of nitrogens with one attached hydrogen (secondary N) is 2. The molecule has 6 heteroatoms. The summed E-state index contributed by atoms with van der Waals surface area (Å²) < 4.78 is 5.42. The Balaban J connectivity index is 3.24. The average Bonchev–Trinajstić information content (AvgIpc) is 2.36. The molecule has 0 aliphatic carbocycles. The maximum Gasteiger partial charge on any atom is 0.358 e. The molecule has 0 fully saturated rings. The minimum Gasteiger partial charge on any atom is -0.455 e. The number of anilines is 2. The van der Waals surface area contributed by atoms with Crippen molar-refractivity contribution in [2.75, 3.05) is 30.5 Å². The van der Waals surface area contributed by atoms with Gasteiger partial charge >= 0.3 is 5.97 Å². The van der Waals surface area contributed by atoms with E-state index < -0.39 is 11.6 Å². The zero-order valence-corrected chi connectivity index (χ0v) is 13.8. The third kappa shape index (κ3) is 4.30. The molecule has 0 aliphatic rings. The molecule has 0 atom stereocenters. The largest absolute Gasteiger partial charge is 0.455 e. The maximum atomic E-state index is 12.3. The van der Waals surface area contributed by atoms with Crippen molar-refractivity contribution in [3.63, 3.8) is 0 Å². The van der Waals surface area contributed by atoms with E-state index in [0.29, 0.717) is 11.5 Å². The molecule has 0 bridgehead atoms. The first-order chi connectivity index (χ1) is 9.32. The van der Waals surface area contributed by atoms with E-state index in [9.17, 15) is 4.79 Å². The number of pyridine rings is 1. The monoisotopic (exact) mass is 297 g/mol. The fraction of sp³-hybridized carbons (Fsp3) is 0.571. The zero-order valence-electron chi connectivity index (χ0n) is 13.0. The third-order valence-corrected chi connectivity index (χ3v) is 3.30. The lowest BCUT2D eigenvalue weighted by Crippen LogP contribution is -2.25. The van der Waals surface area contributed by atoms with Gasteiger partial charge in [0.05, 0.1) is 5.69 Å². The van der Waals surface area contributed by atoms with Crippen LogP contribution in [0.4, 0.5) is 11.5 Å². The molecule has 112 valence electrons. The van der Waals surface area contributed by atoms with Crippen molar-refractivity contribution in [2.45, 2.75) is 38.2 Å². The van der Waals surface area contributed by atoms with E-state index in [1.54, 1.807) is 18.8 Å². The summed E-state index contributed by atoms with van der Waals surface area (Å²) in [4.78, 5) is 17.5. The number of thioether (sulfide) groups is 1. The van der Waals surface area contributed by atoms with Crippen molar-refractivity contribution in [2.24, 2.45) is 0 Å². The standard InChI is InChI=1S/C14H23N3O2S/c1-7-20-10-8-9(15-5)12(16-6)17-11(10)13(18)19-14(2,3)4/h8,15H,7H2,1-6H3,(H,16,17). The minimum absolute atomic E-state index is 0.357. The number of aromatic nitrogens is 1. The predicted molar refractivity (Wildman–Crippen MR) is 84.9 cm³/mol. The summed E-state index contributed by atoms with van der Waals surface area (Å²) >= 11 is 1.57. The highest BCUT2D eigenvalue weighted by atomic mass is 32.2. The molecule has 5 nitrogen and oxygen atoms in total. The molecule has 1 aromatic heterocycles. The first-order valence-electron chi connectivity index (χ1n) is 6.59. The van der Waals surface area contributed by atoms with Crippen LogP contribution >= 0.6 is 11.8 Å². The Morgan fingerprint density at radius 1 is 1.35 bits per heavy atom. The van der Waals surface area contributed by atoms with Gasteiger partial charge in [-0.25, -0.2) is 9.78 Å². The minimum atomic E-state index is -0.533. The molecule has 0 radical (unpaired) electrons. The average molecular weight is 297 g/mol. The number of esters is 1. The first kappa shape index (κ1) is 16.6. The van der Waals surface area contributed by atoms with E-state index in [-0.39, 0.29) is 0 Å². The number of nitrogens with zero attached hydrogens (tertiary/aromatic N) is 1. The number of carbonyl (C=O) groups is 1. The maximum absolute atomic E-state index is 12.3. The highest BCUT2D eigenvalue weighted by Crippen LogP contribution is 2.30. The molecule has 0 saturated heterocycles. The summed E-state index contributed by atoms with van der Waals surface area (Å²) in [6, 6.07) is 1.92. The lowest BCUT2D eigenvalue weighted by Gasteiger charge is -2.21. The normalized spacial score (nSPS) is 11.1. The van der Waals surface area contributed by atoms with Crippen molar-refractivity contribution in [1.82, 2.24) is 4.98 Å². The summed E-state index contributed by atoms with van der Waals surface area (Å²) in [6.07, 6.45) is 0. The van der Waals surface area contributed by atoms with Gasteiger partial charge in [0.25, 0.3) is 0 Å². The van der Waals surface area contributed by atoms with Crippen molar-refractivity contribution >= 4 is 29.2 Å². The van der Waals surface area contributed by atoms with Crippen LogP contribution in [0.1, 0.15) is 38.2 Å². The van der Waals surface area contributed by atoms with Gasteiger partial charge in [-0.05, 0) is 32.6 Å². The van der Waals surface area contributed by atoms with Crippen LogP contribution < -0.4 is 10.6 Å². The molecule has 1 rings (SSSR count). The van der Waals surface area contributed by atoms with Crippen LogP contribution in [0.2, 0.25) is 0 Å². The van der Waals surface area contributed by atoms with Crippen LogP contribution in [0.5, 0.6) is 0 Å². The third-order valence-electron chi connectivity index (χ3n) is 2.39. The molecule has 0 unspecified atom stereocenters. The number of carbonyl (C=O) groups excluding carboxylic acids is 1. The van der Waals surface area contributed by atoms with Crippen molar-refractivity contribution in [3.8, 4) is 0 Å². The van der Waals surface area contributed by atoms with Gasteiger partial charge in [-0.2, -0.15) is 0 Å². The number of hydrogen-bond donors (Lipinski definition) is 2. The Morgan fingerprint density at radius 2 is 2.00 bits per heavy atom. The second kappa shape index (κ2) is 6.83. The van der Waals surface area contributed by atoms with Gasteiger partial charge in [0, 0.05) is 19.0 Å². The lowest BCUT2D eigenvalue weighted by atomic mass is 10.2. The Hall–Kier alpha value is -1.43. The molecule has 0 aliphatic heterocycles. The zero-order chi connectivity index (χ0) is 15.3. The van der Waals surface area contributed by atoms with Crippen molar-refractivity contribution in [3.05, 3.63) is 11.8 Å². The Labute approximate surface area is 124 Å². The fourth-order valence-electron chi connectivity index (χ4n) is 1.61. The molecule has 0 spiro atoms. The molecular formula is C14H23N3O2S. The Morgan fingerprint density at radius 3 is 2.45 bits per heavy atom. The number of hydrogen-bond acceptors (Lipinski definition) is 6. The lowest BCUT2D eigenvalue weighted by molar-refractivity contribution is 0.00588. The van der Waals surface area contributed by atoms with Gasteiger partial charge in [-0.3, -0.25) is 0 Å². The summed E-state index contributed by atoms with van der Waals surface area (Å²) in [7, 11) is 3.60. The Kier molecular flexibility index (Phi) is 5.68. The van der Waals surface area contributed by atoms with Gasteiger partial charge in [0.15, 0.2) is 5.69 Å². The molecular weight excluding hydrogens is 274 g/mol. The van der Waals surface area contributed by atoms with Gasteiger partial charge in [-0.1, -0.05) is 6.92 Å². The summed E-state index contributed by atoms with van der Waals surface area (Å²) in [5, 5.41) is 6.05. The highest BCUT2D eigenvalue weighted by Gasteiger charge is 2.23. The van der Waals surface area contributed by atoms with Crippen molar-refractivity contribution < 1.29 is 9.53 Å². The van der Waals surface area contributed by atoms with E-state index in [2.05, 4.69) is 15.6 Å². The van der Waals surface area contributed by atoms with Crippen LogP contribution in [-0.2, 0) is 4.74 Å². The second-order valence-corrected chi connectivity index (χ2v) is 6.47. The van der Waals surface area contributed by atoms with Gasteiger partial charge in [0.2, 0.25) is 0 Å². The van der Waals surface area contributed by atoms with E-state index in [1.807, 2.05) is 40.8 Å². The molecule has 20 heavy (non-hydrogen) atoms. The summed E-state index contributed by atoms with van der Waals surface area (Å²) in [5.41, 5.74) is 0.680. The van der Waals surface area contributed by atoms with Gasteiger partial charge in [-0.15, -0.1) is 11.8 Å². The van der Waals surface area contributed by atoms with Gasteiger partial charge in [0.1, 0.15) is 11.4 Å². The van der Waals surface area contributed by atoms with Crippen LogP contribution in [0, 0.1) is 0 Å². The van der Waals surface area contributed by atoms with E-state index >= 15 is 0 Å².